The number of methoxy groups -OCH3 is 1. The van der Waals surface area contributed by atoms with Gasteiger partial charge in [-0.15, -0.1) is 0 Å². The summed E-state index contributed by atoms with van der Waals surface area (Å²) in [6.07, 6.45) is 5.20. The maximum absolute atomic E-state index is 5.88. The van der Waals surface area contributed by atoms with Crippen molar-refractivity contribution in [3.63, 3.8) is 0 Å². The lowest BCUT2D eigenvalue weighted by Gasteiger charge is -2.23. The third-order valence-electron chi connectivity index (χ3n) is 3.54. The van der Waals surface area contributed by atoms with Crippen LogP contribution in [-0.2, 0) is 6.54 Å². The van der Waals surface area contributed by atoms with Crippen molar-refractivity contribution in [2.45, 2.75) is 45.2 Å². The molecule has 1 aliphatic carbocycles. The standard InChI is InChI=1S/C15H24N2O/c1-3-4-9-17(14-6-7-14)11-12-10-13(16)5-8-15(12)18-2/h5,8,10,14H,3-4,6-7,9,11,16H2,1-2H3. The zero-order chi connectivity index (χ0) is 13.0. The van der Waals surface area contributed by atoms with Crippen molar-refractivity contribution >= 4 is 5.69 Å². The van der Waals surface area contributed by atoms with E-state index in [9.17, 15) is 0 Å². The first-order valence-electron chi connectivity index (χ1n) is 6.91. The van der Waals surface area contributed by atoms with Crippen LogP contribution in [0.5, 0.6) is 5.75 Å². The fraction of sp³-hybridized carbons (Fsp3) is 0.600. The Bertz CT molecular complexity index is 388. The average Bonchev–Trinajstić information content (AvgIpc) is 3.19. The smallest absolute Gasteiger partial charge is 0.123 e. The van der Waals surface area contributed by atoms with Crippen LogP contribution in [0.15, 0.2) is 18.2 Å². The van der Waals surface area contributed by atoms with Crippen molar-refractivity contribution in [3.05, 3.63) is 23.8 Å². The number of nitrogens with zero attached hydrogens (tertiary/aromatic N) is 1. The summed E-state index contributed by atoms with van der Waals surface area (Å²) >= 11 is 0. The first-order chi connectivity index (χ1) is 8.74. The number of unbranched alkanes of at least 4 members (excludes halogenated alkanes) is 1. The normalized spacial score (nSPS) is 15.1. The van der Waals surface area contributed by atoms with E-state index in [-0.39, 0.29) is 0 Å². The Labute approximate surface area is 110 Å². The number of rotatable bonds is 7. The minimum absolute atomic E-state index is 0.780. The molecule has 0 bridgehead atoms. The Kier molecular flexibility index (Phi) is 4.48. The molecule has 1 aromatic carbocycles. The third kappa shape index (κ3) is 3.39. The topological polar surface area (TPSA) is 38.5 Å². The molecular formula is C15H24N2O. The van der Waals surface area contributed by atoms with Crippen LogP contribution >= 0.6 is 0 Å². The Morgan fingerprint density at radius 2 is 2.17 bits per heavy atom. The number of hydrogen-bond acceptors (Lipinski definition) is 3. The van der Waals surface area contributed by atoms with Gasteiger partial charge in [0.05, 0.1) is 7.11 Å². The molecule has 3 nitrogen and oxygen atoms in total. The summed E-state index contributed by atoms with van der Waals surface area (Å²) in [4.78, 5) is 2.57. The lowest BCUT2D eigenvalue weighted by atomic mass is 10.1. The summed E-state index contributed by atoms with van der Waals surface area (Å²) in [5.41, 5.74) is 7.90. The van der Waals surface area contributed by atoms with E-state index in [4.69, 9.17) is 10.5 Å². The number of nitrogens with two attached hydrogens (primary N) is 1. The molecule has 1 fully saturated rings. The second kappa shape index (κ2) is 6.10. The Morgan fingerprint density at radius 1 is 1.39 bits per heavy atom. The molecule has 0 amide bonds. The van der Waals surface area contributed by atoms with Crippen molar-refractivity contribution in [1.82, 2.24) is 4.90 Å². The van der Waals surface area contributed by atoms with Gasteiger partial charge in [0.2, 0.25) is 0 Å². The Balaban J connectivity index is 2.07. The molecule has 1 aromatic rings. The van der Waals surface area contributed by atoms with E-state index in [1.165, 1.54) is 37.8 Å². The molecule has 3 heteroatoms. The molecule has 2 rings (SSSR count). The number of anilines is 1. The Hall–Kier alpha value is -1.22. The maximum atomic E-state index is 5.88. The minimum atomic E-state index is 0.780. The van der Waals surface area contributed by atoms with Crippen LogP contribution < -0.4 is 10.5 Å². The van der Waals surface area contributed by atoms with E-state index < -0.39 is 0 Å². The SMILES string of the molecule is CCCCN(Cc1cc(N)ccc1OC)C1CC1. The van der Waals surface area contributed by atoms with Gasteiger partial charge in [0.25, 0.3) is 0 Å². The van der Waals surface area contributed by atoms with Crippen LogP contribution in [0.25, 0.3) is 0 Å². The summed E-state index contributed by atoms with van der Waals surface area (Å²) in [5.74, 6) is 0.950. The lowest BCUT2D eigenvalue weighted by molar-refractivity contribution is 0.247. The number of nitrogen functional groups attached to an aromatic ring is 1. The molecule has 0 radical (unpaired) electrons. The van der Waals surface area contributed by atoms with Crippen LogP contribution in [0.2, 0.25) is 0 Å². The third-order valence-corrected chi connectivity index (χ3v) is 3.54. The van der Waals surface area contributed by atoms with Gasteiger partial charge in [0.1, 0.15) is 5.75 Å². The van der Waals surface area contributed by atoms with Crippen LogP contribution in [-0.4, -0.2) is 24.6 Å². The number of ether oxygens (including phenoxy) is 1. The molecule has 0 saturated heterocycles. The highest BCUT2D eigenvalue weighted by Gasteiger charge is 2.28. The van der Waals surface area contributed by atoms with E-state index >= 15 is 0 Å². The summed E-state index contributed by atoms with van der Waals surface area (Å²) in [7, 11) is 1.72. The molecule has 0 heterocycles. The average molecular weight is 248 g/mol. The molecule has 1 saturated carbocycles. The molecular weight excluding hydrogens is 224 g/mol. The zero-order valence-corrected chi connectivity index (χ0v) is 11.5. The predicted molar refractivity (Wildman–Crippen MR) is 75.7 cm³/mol. The molecule has 0 spiro atoms. The number of benzene rings is 1. The van der Waals surface area contributed by atoms with Gasteiger partial charge in [-0.3, -0.25) is 4.90 Å². The molecule has 100 valence electrons. The van der Waals surface area contributed by atoms with E-state index in [1.54, 1.807) is 7.11 Å². The summed E-state index contributed by atoms with van der Waals surface area (Å²) in [6.45, 7) is 4.38. The number of hydrogen-bond donors (Lipinski definition) is 1. The highest BCUT2D eigenvalue weighted by Crippen LogP contribution is 2.31. The van der Waals surface area contributed by atoms with Gasteiger partial charge in [-0.2, -0.15) is 0 Å². The summed E-state index contributed by atoms with van der Waals surface area (Å²) in [5, 5.41) is 0. The molecule has 2 N–H and O–H groups in total. The van der Waals surface area contributed by atoms with Crippen molar-refractivity contribution in [3.8, 4) is 5.75 Å². The van der Waals surface area contributed by atoms with Gasteiger partial charge < -0.3 is 10.5 Å². The first-order valence-corrected chi connectivity index (χ1v) is 6.91. The minimum Gasteiger partial charge on any atom is -0.496 e. The highest BCUT2D eigenvalue weighted by atomic mass is 16.5. The summed E-state index contributed by atoms with van der Waals surface area (Å²) < 4.78 is 5.42. The zero-order valence-electron chi connectivity index (χ0n) is 11.5. The predicted octanol–water partition coefficient (Wildman–Crippen LogP) is 3.04. The second-order valence-electron chi connectivity index (χ2n) is 5.13. The van der Waals surface area contributed by atoms with Crippen molar-refractivity contribution in [2.24, 2.45) is 0 Å². The first kappa shape index (κ1) is 13.2. The van der Waals surface area contributed by atoms with Crippen LogP contribution in [0, 0.1) is 0 Å². The summed E-state index contributed by atoms with van der Waals surface area (Å²) in [6, 6.07) is 6.69. The lowest BCUT2D eigenvalue weighted by Crippen LogP contribution is -2.26. The van der Waals surface area contributed by atoms with Crippen molar-refractivity contribution < 1.29 is 4.74 Å². The molecule has 0 aliphatic heterocycles. The van der Waals surface area contributed by atoms with Gasteiger partial charge in [-0.1, -0.05) is 13.3 Å². The second-order valence-corrected chi connectivity index (χ2v) is 5.13. The van der Waals surface area contributed by atoms with Crippen molar-refractivity contribution in [1.29, 1.82) is 0 Å². The van der Waals surface area contributed by atoms with Crippen LogP contribution in [0.3, 0.4) is 0 Å². The van der Waals surface area contributed by atoms with Gasteiger partial charge in [0.15, 0.2) is 0 Å². The van der Waals surface area contributed by atoms with E-state index in [2.05, 4.69) is 11.8 Å². The Morgan fingerprint density at radius 3 is 2.78 bits per heavy atom. The fourth-order valence-corrected chi connectivity index (χ4v) is 2.33. The molecule has 1 aliphatic rings. The van der Waals surface area contributed by atoms with Gasteiger partial charge in [-0.25, -0.2) is 0 Å². The van der Waals surface area contributed by atoms with Crippen LogP contribution in [0.1, 0.15) is 38.2 Å². The van der Waals surface area contributed by atoms with E-state index in [0.717, 1.165) is 24.0 Å². The monoisotopic (exact) mass is 248 g/mol. The quantitative estimate of drug-likeness (QED) is 0.754. The van der Waals surface area contributed by atoms with Gasteiger partial charge in [0, 0.05) is 23.8 Å². The van der Waals surface area contributed by atoms with Crippen molar-refractivity contribution in [2.75, 3.05) is 19.4 Å². The largest absolute Gasteiger partial charge is 0.496 e. The van der Waals surface area contributed by atoms with E-state index in [1.807, 2.05) is 18.2 Å². The highest BCUT2D eigenvalue weighted by molar-refractivity contribution is 5.47. The molecule has 0 aromatic heterocycles. The van der Waals surface area contributed by atoms with E-state index in [0.29, 0.717) is 0 Å². The molecule has 0 atom stereocenters. The van der Waals surface area contributed by atoms with Gasteiger partial charge in [-0.05, 0) is 44.0 Å². The fourth-order valence-electron chi connectivity index (χ4n) is 2.33. The maximum Gasteiger partial charge on any atom is 0.123 e. The molecule has 0 unspecified atom stereocenters. The van der Waals surface area contributed by atoms with Crippen LogP contribution in [0.4, 0.5) is 5.69 Å². The van der Waals surface area contributed by atoms with Gasteiger partial charge >= 0.3 is 0 Å². The molecule has 18 heavy (non-hydrogen) atoms.